The van der Waals surface area contributed by atoms with Crippen LogP contribution in [0.4, 0.5) is 0 Å². The first kappa shape index (κ1) is 25.3. The predicted octanol–water partition coefficient (Wildman–Crippen LogP) is 3.58. The number of allylic oxidation sites excluding steroid dienone is 1. The maximum absolute atomic E-state index is 13.5. The largest absolute Gasteiger partial charge is 0.481 e. The summed E-state index contributed by atoms with van der Waals surface area (Å²) in [5, 5.41) is 9.12. The summed E-state index contributed by atoms with van der Waals surface area (Å²) >= 11 is 3.42. The molecule has 186 valence electrons. The molecule has 1 saturated heterocycles. The molecule has 0 radical (unpaired) electrons. The zero-order valence-corrected chi connectivity index (χ0v) is 21.6. The highest BCUT2D eigenvalue weighted by Gasteiger charge is 2.34. The highest BCUT2D eigenvalue weighted by Crippen LogP contribution is 2.35. The normalized spacial score (nSPS) is 24.1. The fraction of sp³-hybridized carbons (Fsp3) is 0.609. The van der Waals surface area contributed by atoms with Crippen molar-refractivity contribution >= 4 is 38.1 Å². The molecule has 3 heterocycles. The number of nitrogens with zero attached hydrogens (tertiary/aromatic N) is 3. The Kier molecular flexibility index (Phi) is 8.06. The SMILES string of the molecule is CN(C1CCCC2=C1C=NC(CC(=O)O)CC2)S(=O)(=O)c1cnc(OC2CCOCC2)c(Br)c1. The molecule has 1 aromatic rings. The number of aliphatic carboxylic acids is 1. The Labute approximate surface area is 208 Å². The van der Waals surface area contributed by atoms with Crippen LogP contribution in [0.3, 0.4) is 0 Å². The molecule has 0 spiro atoms. The minimum Gasteiger partial charge on any atom is -0.481 e. The summed E-state index contributed by atoms with van der Waals surface area (Å²) in [5.41, 5.74) is 2.08. The van der Waals surface area contributed by atoms with Gasteiger partial charge in [0, 0.05) is 26.1 Å². The van der Waals surface area contributed by atoms with Gasteiger partial charge >= 0.3 is 5.97 Å². The molecule has 0 amide bonds. The van der Waals surface area contributed by atoms with Crippen molar-refractivity contribution in [3.05, 3.63) is 27.9 Å². The number of pyridine rings is 1. The number of hydrogen-bond acceptors (Lipinski definition) is 7. The van der Waals surface area contributed by atoms with Gasteiger partial charge in [0.2, 0.25) is 15.9 Å². The van der Waals surface area contributed by atoms with Crippen LogP contribution in [0.15, 0.2) is 37.8 Å². The molecule has 3 aliphatic rings. The van der Waals surface area contributed by atoms with E-state index in [0.29, 0.717) is 36.4 Å². The van der Waals surface area contributed by atoms with Gasteiger partial charge in [-0.3, -0.25) is 9.79 Å². The van der Waals surface area contributed by atoms with E-state index in [4.69, 9.17) is 14.6 Å². The average Bonchev–Trinajstić information content (AvgIpc) is 3.02. The number of aromatic nitrogens is 1. The van der Waals surface area contributed by atoms with Crippen LogP contribution in [-0.2, 0) is 19.6 Å². The van der Waals surface area contributed by atoms with Gasteiger partial charge < -0.3 is 14.6 Å². The maximum Gasteiger partial charge on any atom is 0.305 e. The van der Waals surface area contributed by atoms with Crippen LogP contribution in [0, 0.1) is 0 Å². The van der Waals surface area contributed by atoms with E-state index >= 15 is 0 Å². The van der Waals surface area contributed by atoms with E-state index in [9.17, 15) is 13.2 Å². The summed E-state index contributed by atoms with van der Waals surface area (Å²) in [6.45, 7) is 1.28. The number of likely N-dealkylation sites (N-methyl/N-ethyl adjacent to an activating group) is 1. The zero-order valence-electron chi connectivity index (χ0n) is 19.2. The van der Waals surface area contributed by atoms with Gasteiger partial charge in [0.1, 0.15) is 11.0 Å². The van der Waals surface area contributed by atoms with Crippen molar-refractivity contribution in [3.63, 3.8) is 0 Å². The molecule has 11 heteroatoms. The van der Waals surface area contributed by atoms with E-state index < -0.39 is 16.0 Å². The summed E-state index contributed by atoms with van der Waals surface area (Å²) in [6.07, 6.45) is 8.42. The second-order valence-corrected chi connectivity index (χ2v) is 11.8. The van der Waals surface area contributed by atoms with Gasteiger partial charge in [0.25, 0.3) is 0 Å². The van der Waals surface area contributed by atoms with Crippen molar-refractivity contribution in [1.82, 2.24) is 9.29 Å². The number of sulfonamides is 1. The number of hydrogen-bond donors (Lipinski definition) is 1. The smallest absolute Gasteiger partial charge is 0.305 e. The maximum atomic E-state index is 13.5. The Bertz CT molecular complexity index is 1080. The molecule has 9 nitrogen and oxygen atoms in total. The molecule has 2 atom stereocenters. The molecule has 4 rings (SSSR count). The Hall–Kier alpha value is -1.82. The standard InChI is InChI=1S/C23H30BrN3O6S/c1-27(21-4-2-3-15-5-6-16(11-22(28)29)25-14-19(15)21)34(30,31)18-12-20(24)23(26-13-18)33-17-7-9-32-10-8-17/h12-14,16-17,21H,2-11H2,1H3,(H,28,29). The number of aliphatic imine (C=N–C) groups is 1. The fourth-order valence-corrected chi connectivity index (χ4v) is 6.68. The van der Waals surface area contributed by atoms with Crippen LogP contribution in [-0.4, -0.2) is 73.4 Å². The third-order valence-electron chi connectivity index (χ3n) is 6.68. The van der Waals surface area contributed by atoms with Crippen molar-refractivity contribution < 1.29 is 27.8 Å². The Morgan fingerprint density at radius 3 is 2.74 bits per heavy atom. The summed E-state index contributed by atoms with van der Waals surface area (Å²) in [5.74, 6) is -0.503. The molecular formula is C23H30BrN3O6S. The predicted molar refractivity (Wildman–Crippen MR) is 130 cm³/mol. The monoisotopic (exact) mass is 555 g/mol. The molecular weight excluding hydrogens is 526 g/mol. The first-order chi connectivity index (χ1) is 16.3. The molecule has 1 fully saturated rings. The van der Waals surface area contributed by atoms with Crippen molar-refractivity contribution in [1.29, 1.82) is 0 Å². The van der Waals surface area contributed by atoms with E-state index in [0.717, 1.165) is 37.7 Å². The fourth-order valence-electron chi connectivity index (χ4n) is 4.75. The molecule has 2 aliphatic heterocycles. The molecule has 1 N–H and O–H groups in total. The van der Waals surface area contributed by atoms with Crippen molar-refractivity contribution in [2.45, 2.75) is 74.4 Å². The van der Waals surface area contributed by atoms with Crippen LogP contribution in [0.1, 0.15) is 51.4 Å². The van der Waals surface area contributed by atoms with Gasteiger partial charge in [-0.1, -0.05) is 5.57 Å². The van der Waals surface area contributed by atoms with E-state index in [1.165, 1.54) is 22.1 Å². The molecule has 0 bridgehead atoms. The van der Waals surface area contributed by atoms with Crippen LogP contribution in [0.5, 0.6) is 5.88 Å². The summed E-state index contributed by atoms with van der Waals surface area (Å²) in [4.78, 5) is 20.0. The molecule has 1 aromatic heterocycles. The minimum atomic E-state index is -3.83. The topological polar surface area (TPSA) is 118 Å². The Balaban J connectivity index is 1.53. The van der Waals surface area contributed by atoms with Gasteiger partial charge in [-0.2, -0.15) is 4.31 Å². The van der Waals surface area contributed by atoms with Crippen molar-refractivity contribution in [3.8, 4) is 5.88 Å². The van der Waals surface area contributed by atoms with Gasteiger partial charge in [0.15, 0.2) is 0 Å². The van der Waals surface area contributed by atoms with Crippen molar-refractivity contribution in [2.24, 2.45) is 4.99 Å². The van der Waals surface area contributed by atoms with Crippen LogP contribution < -0.4 is 4.74 Å². The zero-order chi connectivity index (χ0) is 24.3. The van der Waals surface area contributed by atoms with Crippen molar-refractivity contribution in [2.75, 3.05) is 20.3 Å². The van der Waals surface area contributed by atoms with E-state index in [-0.39, 0.29) is 29.5 Å². The number of rotatable bonds is 7. The van der Waals surface area contributed by atoms with Crippen LogP contribution in [0.25, 0.3) is 0 Å². The van der Waals surface area contributed by atoms with E-state index in [1.54, 1.807) is 13.3 Å². The van der Waals surface area contributed by atoms with Gasteiger partial charge in [0.05, 0.1) is 42.4 Å². The van der Waals surface area contributed by atoms with Gasteiger partial charge in [-0.05, 0) is 59.7 Å². The van der Waals surface area contributed by atoms with Gasteiger partial charge in [-0.15, -0.1) is 0 Å². The van der Waals surface area contributed by atoms with Gasteiger partial charge in [-0.25, -0.2) is 13.4 Å². The lowest BCUT2D eigenvalue weighted by Gasteiger charge is -2.33. The van der Waals surface area contributed by atoms with Crippen LogP contribution in [0.2, 0.25) is 0 Å². The van der Waals surface area contributed by atoms with E-state index in [2.05, 4.69) is 25.9 Å². The molecule has 1 aliphatic carbocycles. The Morgan fingerprint density at radius 1 is 1.26 bits per heavy atom. The Morgan fingerprint density at radius 2 is 2.03 bits per heavy atom. The molecule has 34 heavy (non-hydrogen) atoms. The third kappa shape index (κ3) is 5.69. The van der Waals surface area contributed by atoms with Crippen LogP contribution >= 0.6 is 15.9 Å². The first-order valence-corrected chi connectivity index (χ1v) is 13.8. The lowest BCUT2D eigenvalue weighted by molar-refractivity contribution is -0.137. The highest BCUT2D eigenvalue weighted by molar-refractivity contribution is 9.10. The first-order valence-electron chi connectivity index (χ1n) is 11.6. The number of carboxylic acid groups (broad SMARTS) is 1. The molecule has 0 aromatic carbocycles. The molecule has 0 saturated carbocycles. The third-order valence-corrected chi connectivity index (χ3v) is 9.08. The second-order valence-electron chi connectivity index (χ2n) is 8.94. The second kappa shape index (κ2) is 10.8. The summed E-state index contributed by atoms with van der Waals surface area (Å²) in [6, 6.07) is 0.905. The number of halogens is 1. The number of carboxylic acids is 1. The summed E-state index contributed by atoms with van der Waals surface area (Å²) in [7, 11) is -2.24. The number of ether oxygens (including phenoxy) is 2. The quantitative estimate of drug-likeness (QED) is 0.546. The summed E-state index contributed by atoms with van der Waals surface area (Å²) < 4.78 is 40.2. The number of carbonyl (C=O) groups is 1. The average molecular weight is 556 g/mol. The minimum absolute atomic E-state index is 0.00486. The highest BCUT2D eigenvalue weighted by atomic mass is 79.9. The lowest BCUT2D eigenvalue weighted by atomic mass is 9.86. The molecule has 2 unspecified atom stereocenters. The van der Waals surface area contributed by atoms with E-state index in [1.807, 2.05) is 0 Å². The lowest BCUT2D eigenvalue weighted by Crippen LogP contribution is -2.40.